The van der Waals surface area contributed by atoms with Gasteiger partial charge in [-0.15, -0.1) is 0 Å². The number of likely N-dealkylation sites (tertiary alicyclic amines) is 1. The Hall–Kier alpha value is -2.73. The predicted molar refractivity (Wildman–Crippen MR) is 98.8 cm³/mol. The van der Waals surface area contributed by atoms with Gasteiger partial charge >= 0.3 is 0 Å². The summed E-state index contributed by atoms with van der Waals surface area (Å²) in [5.74, 6) is -0.687. The topological polar surface area (TPSA) is 62.6 Å². The lowest BCUT2D eigenvalue weighted by molar-refractivity contribution is -0.896. The van der Waals surface area contributed by atoms with Crippen LogP contribution in [0.15, 0.2) is 48.5 Å². The Bertz CT molecular complexity index is 754. The molecule has 1 aliphatic heterocycles. The first kappa shape index (κ1) is 18.1. The van der Waals surface area contributed by atoms with E-state index in [-0.39, 0.29) is 17.6 Å². The number of anilines is 2. The first-order chi connectivity index (χ1) is 12.6. The summed E-state index contributed by atoms with van der Waals surface area (Å²) in [5.41, 5.74) is 1.69. The number of halogens is 1. The Morgan fingerprint density at radius 3 is 2.04 bits per heavy atom. The molecule has 26 heavy (non-hydrogen) atoms. The predicted octanol–water partition coefficient (Wildman–Crippen LogP) is 2.09. The van der Waals surface area contributed by atoms with Crippen molar-refractivity contribution >= 4 is 23.2 Å². The monoisotopic (exact) mass is 356 g/mol. The Labute approximate surface area is 152 Å². The largest absolute Gasteiger partial charge is 0.327 e. The number of quaternary nitrogens is 1. The molecule has 1 saturated heterocycles. The molecule has 0 aliphatic carbocycles. The third kappa shape index (κ3) is 5.13. The molecule has 0 aromatic heterocycles. The van der Waals surface area contributed by atoms with Gasteiger partial charge in [-0.05, 0) is 67.8 Å². The van der Waals surface area contributed by atoms with Crippen molar-refractivity contribution in [1.82, 2.24) is 0 Å². The second-order valence-corrected chi connectivity index (χ2v) is 6.57. The van der Waals surface area contributed by atoms with E-state index in [1.807, 2.05) is 0 Å². The Morgan fingerprint density at radius 1 is 0.846 bits per heavy atom. The van der Waals surface area contributed by atoms with Crippen LogP contribution in [-0.4, -0.2) is 31.4 Å². The van der Waals surface area contributed by atoms with Crippen molar-refractivity contribution < 1.29 is 18.9 Å². The van der Waals surface area contributed by atoms with Gasteiger partial charge in [0.25, 0.3) is 11.8 Å². The summed E-state index contributed by atoms with van der Waals surface area (Å²) in [4.78, 5) is 25.6. The van der Waals surface area contributed by atoms with Crippen molar-refractivity contribution in [2.45, 2.75) is 19.3 Å². The van der Waals surface area contributed by atoms with Gasteiger partial charge in [0.05, 0.1) is 13.1 Å². The zero-order valence-electron chi connectivity index (χ0n) is 14.6. The first-order valence-electron chi connectivity index (χ1n) is 8.90. The summed E-state index contributed by atoms with van der Waals surface area (Å²) in [5, 5.41) is 5.64. The van der Waals surface area contributed by atoms with Crippen LogP contribution in [0.25, 0.3) is 0 Å². The first-order valence-corrected chi connectivity index (χ1v) is 8.90. The molecule has 3 N–H and O–H groups in total. The smallest absolute Gasteiger partial charge is 0.279 e. The highest BCUT2D eigenvalue weighted by Gasteiger charge is 2.17. The average Bonchev–Trinajstić information content (AvgIpc) is 2.64. The van der Waals surface area contributed by atoms with Gasteiger partial charge < -0.3 is 15.5 Å². The maximum absolute atomic E-state index is 12.9. The van der Waals surface area contributed by atoms with Crippen molar-refractivity contribution in [3.8, 4) is 0 Å². The molecule has 3 rings (SSSR count). The number of piperidine rings is 1. The molecule has 2 amide bonds. The van der Waals surface area contributed by atoms with Gasteiger partial charge in [0.15, 0.2) is 6.54 Å². The van der Waals surface area contributed by atoms with Gasteiger partial charge in [-0.1, -0.05) is 0 Å². The lowest BCUT2D eigenvalue weighted by atomic mass is 10.1. The van der Waals surface area contributed by atoms with Gasteiger partial charge in [-0.25, -0.2) is 4.39 Å². The minimum absolute atomic E-state index is 0.00463. The van der Waals surface area contributed by atoms with Crippen LogP contribution in [0.2, 0.25) is 0 Å². The highest BCUT2D eigenvalue weighted by atomic mass is 19.1. The molecule has 0 radical (unpaired) electrons. The van der Waals surface area contributed by atoms with E-state index in [0.29, 0.717) is 23.5 Å². The minimum atomic E-state index is -0.381. The lowest BCUT2D eigenvalue weighted by Crippen LogP contribution is -3.13. The summed E-state index contributed by atoms with van der Waals surface area (Å²) in [6.45, 7) is 2.60. The van der Waals surface area contributed by atoms with Crippen molar-refractivity contribution in [3.63, 3.8) is 0 Å². The number of carbonyl (C=O) groups excluding carboxylic acids is 2. The fraction of sp³-hybridized carbons (Fsp3) is 0.300. The van der Waals surface area contributed by atoms with Crippen molar-refractivity contribution in [1.29, 1.82) is 0 Å². The fourth-order valence-electron chi connectivity index (χ4n) is 3.10. The average molecular weight is 356 g/mol. The molecule has 1 heterocycles. The van der Waals surface area contributed by atoms with Crippen LogP contribution in [-0.2, 0) is 4.79 Å². The van der Waals surface area contributed by atoms with E-state index in [9.17, 15) is 14.0 Å². The number of benzene rings is 2. The molecule has 0 saturated carbocycles. The van der Waals surface area contributed by atoms with E-state index >= 15 is 0 Å². The van der Waals surface area contributed by atoms with Gasteiger partial charge in [0.2, 0.25) is 0 Å². The van der Waals surface area contributed by atoms with Crippen LogP contribution in [0.4, 0.5) is 15.8 Å². The minimum Gasteiger partial charge on any atom is -0.327 e. The molecule has 1 aliphatic rings. The highest BCUT2D eigenvalue weighted by molar-refractivity contribution is 6.04. The molecule has 2 aromatic rings. The summed E-state index contributed by atoms with van der Waals surface area (Å²) in [7, 11) is 0. The van der Waals surface area contributed by atoms with Gasteiger partial charge in [0, 0.05) is 16.9 Å². The molecular formula is C20H23FN3O2+. The molecular weight excluding hydrogens is 333 g/mol. The van der Waals surface area contributed by atoms with E-state index in [2.05, 4.69) is 10.6 Å². The van der Waals surface area contributed by atoms with Crippen LogP contribution in [0.3, 0.4) is 0 Å². The zero-order chi connectivity index (χ0) is 18.4. The molecule has 0 bridgehead atoms. The SMILES string of the molecule is O=C(C[NH+]1CCCCC1)Nc1ccc(NC(=O)c2ccc(F)cc2)cc1. The van der Waals surface area contributed by atoms with Gasteiger partial charge in [0.1, 0.15) is 5.82 Å². The molecule has 0 atom stereocenters. The Balaban J connectivity index is 1.52. The molecule has 6 heteroatoms. The maximum atomic E-state index is 12.9. The van der Waals surface area contributed by atoms with Crippen LogP contribution in [0, 0.1) is 5.82 Å². The van der Waals surface area contributed by atoms with Crippen LogP contribution in [0.1, 0.15) is 29.6 Å². The normalized spacial score (nSPS) is 14.7. The number of hydrogen-bond acceptors (Lipinski definition) is 2. The lowest BCUT2D eigenvalue weighted by Gasteiger charge is -2.22. The maximum Gasteiger partial charge on any atom is 0.279 e. The highest BCUT2D eigenvalue weighted by Crippen LogP contribution is 2.15. The Kier molecular flexibility index (Phi) is 5.96. The molecule has 2 aromatic carbocycles. The number of nitrogens with one attached hydrogen (secondary N) is 3. The molecule has 136 valence electrons. The third-order valence-corrected chi connectivity index (χ3v) is 4.50. The molecule has 5 nitrogen and oxygen atoms in total. The number of carbonyl (C=O) groups is 2. The summed E-state index contributed by atoms with van der Waals surface area (Å²) < 4.78 is 12.9. The van der Waals surface area contributed by atoms with Gasteiger partial charge in [-0.3, -0.25) is 9.59 Å². The summed E-state index contributed by atoms with van der Waals surface area (Å²) in [6.07, 6.45) is 3.63. The number of hydrogen-bond donors (Lipinski definition) is 3. The fourth-order valence-corrected chi connectivity index (χ4v) is 3.10. The summed E-state index contributed by atoms with van der Waals surface area (Å²) >= 11 is 0. The third-order valence-electron chi connectivity index (χ3n) is 4.50. The zero-order valence-corrected chi connectivity index (χ0v) is 14.6. The quantitative estimate of drug-likeness (QED) is 0.768. The van der Waals surface area contributed by atoms with Crippen LogP contribution < -0.4 is 15.5 Å². The van der Waals surface area contributed by atoms with Crippen LogP contribution >= 0.6 is 0 Å². The van der Waals surface area contributed by atoms with Crippen molar-refractivity contribution in [3.05, 3.63) is 59.9 Å². The van der Waals surface area contributed by atoms with Crippen molar-refractivity contribution in [2.24, 2.45) is 0 Å². The molecule has 1 fully saturated rings. The van der Waals surface area contributed by atoms with Crippen LogP contribution in [0.5, 0.6) is 0 Å². The van der Waals surface area contributed by atoms with E-state index < -0.39 is 0 Å². The Morgan fingerprint density at radius 2 is 1.42 bits per heavy atom. The number of amides is 2. The number of rotatable bonds is 5. The van der Waals surface area contributed by atoms with E-state index in [4.69, 9.17) is 0 Å². The molecule has 0 spiro atoms. The molecule has 0 unspecified atom stereocenters. The second-order valence-electron chi connectivity index (χ2n) is 6.57. The van der Waals surface area contributed by atoms with Gasteiger partial charge in [-0.2, -0.15) is 0 Å². The summed E-state index contributed by atoms with van der Waals surface area (Å²) in [6, 6.07) is 12.3. The van der Waals surface area contributed by atoms with Crippen molar-refractivity contribution in [2.75, 3.05) is 30.3 Å². The van der Waals surface area contributed by atoms with E-state index in [0.717, 1.165) is 13.1 Å². The second kappa shape index (κ2) is 8.58. The van der Waals surface area contributed by atoms with E-state index in [1.54, 1.807) is 24.3 Å². The standard InChI is InChI=1S/C20H22FN3O2/c21-16-6-4-15(5-7-16)20(26)23-18-10-8-17(9-11-18)22-19(25)14-24-12-2-1-3-13-24/h4-11H,1-3,12-14H2,(H,22,25)(H,23,26)/p+1. The van der Waals surface area contributed by atoms with E-state index in [1.165, 1.54) is 48.4 Å².